The quantitative estimate of drug-likeness (QED) is 0.215. The van der Waals surface area contributed by atoms with Gasteiger partial charge in [0.15, 0.2) is 0 Å². The van der Waals surface area contributed by atoms with Crippen molar-refractivity contribution in [1.82, 2.24) is 0 Å². The number of azide groups is 1. The highest BCUT2D eigenvalue weighted by Gasteiger charge is 2.06. The first kappa shape index (κ1) is 19.0. The van der Waals surface area contributed by atoms with Gasteiger partial charge in [-0.25, -0.2) is 0 Å². The zero-order valence-corrected chi connectivity index (χ0v) is 11.0. The lowest BCUT2D eigenvalue weighted by Crippen LogP contribution is -2.15. The van der Waals surface area contributed by atoms with Crippen LogP contribution in [-0.4, -0.2) is 31.4 Å². The van der Waals surface area contributed by atoms with Crippen molar-refractivity contribution in [2.75, 3.05) is 19.7 Å². The Hall–Kier alpha value is -1.30. The topological polar surface area (TPSA) is 118 Å². The molecule has 0 aliphatic carbocycles. The third kappa shape index (κ3) is 12.8. The summed E-state index contributed by atoms with van der Waals surface area (Å²) in [5.41, 5.74) is 13.1. The molecule has 7 nitrogen and oxygen atoms in total. The van der Waals surface area contributed by atoms with Gasteiger partial charge in [0.2, 0.25) is 0 Å². The summed E-state index contributed by atoms with van der Waals surface area (Å²) in [5, 5.41) is 3.39. The molecule has 0 fully saturated rings. The molecule has 0 aromatic carbocycles. The summed E-state index contributed by atoms with van der Waals surface area (Å²) < 4.78 is 4.91. The van der Waals surface area contributed by atoms with Crippen molar-refractivity contribution in [3.05, 3.63) is 10.4 Å². The zero-order chi connectivity index (χ0) is 12.9. The Labute approximate surface area is 112 Å². The molecule has 2 N–H and O–H groups in total. The number of halogens is 1. The minimum atomic E-state index is -0.373. The molecule has 0 spiro atoms. The number of hydrogen-bond donors (Lipinski definition) is 1. The number of carbonyl (C=O) groups excluding carboxylic acids is 2. The molecule has 0 aliphatic heterocycles. The first-order valence-corrected chi connectivity index (χ1v) is 5.59. The fraction of sp³-hybridized carbons (Fsp3) is 0.800. The molecule has 0 aliphatic rings. The van der Waals surface area contributed by atoms with E-state index < -0.39 is 0 Å². The van der Waals surface area contributed by atoms with Crippen molar-refractivity contribution in [2.45, 2.75) is 32.1 Å². The molecule has 0 rings (SSSR count). The van der Waals surface area contributed by atoms with Crippen molar-refractivity contribution < 1.29 is 14.3 Å². The van der Waals surface area contributed by atoms with Gasteiger partial charge in [0.05, 0.1) is 19.6 Å². The van der Waals surface area contributed by atoms with E-state index in [4.69, 9.17) is 16.0 Å². The van der Waals surface area contributed by atoms with E-state index in [1.165, 1.54) is 0 Å². The summed E-state index contributed by atoms with van der Waals surface area (Å²) in [5.74, 6) is -0.516. The third-order valence-corrected chi connectivity index (χ3v) is 2.06. The minimum absolute atomic E-state index is 0. The average Bonchev–Trinajstić information content (AvgIpc) is 2.34. The number of hydrogen-bond acceptors (Lipinski definition) is 5. The summed E-state index contributed by atoms with van der Waals surface area (Å²) >= 11 is 0. The minimum Gasteiger partial charge on any atom is -0.466 e. The van der Waals surface area contributed by atoms with Crippen LogP contribution < -0.4 is 5.73 Å². The lowest BCUT2D eigenvalue weighted by molar-refractivity contribution is -0.144. The van der Waals surface area contributed by atoms with Gasteiger partial charge < -0.3 is 10.5 Å². The molecule has 0 bridgehead atoms. The number of ether oxygens (including phenoxy) is 1. The van der Waals surface area contributed by atoms with Gasteiger partial charge in [-0.2, -0.15) is 0 Å². The summed E-state index contributed by atoms with van der Waals surface area (Å²) in [4.78, 5) is 24.6. The van der Waals surface area contributed by atoms with Gasteiger partial charge in [0.1, 0.15) is 5.78 Å². The normalized spacial score (nSPS) is 8.94. The molecule has 0 aromatic rings. The number of Topliss-reactive ketones (excluding diaryl/α,β-unsaturated/α-hetero) is 1. The molecule has 0 atom stereocenters. The monoisotopic (exact) mass is 278 g/mol. The molecular weight excluding hydrogens is 260 g/mol. The van der Waals surface area contributed by atoms with Gasteiger partial charge in [0, 0.05) is 17.9 Å². The van der Waals surface area contributed by atoms with Crippen LogP contribution in [0.4, 0.5) is 0 Å². The number of carbonyl (C=O) groups is 2. The van der Waals surface area contributed by atoms with Crippen molar-refractivity contribution in [3.8, 4) is 0 Å². The van der Waals surface area contributed by atoms with E-state index >= 15 is 0 Å². The number of nitrogens with zero attached hydrogens (tertiary/aromatic N) is 3. The molecule has 0 unspecified atom stereocenters. The smallest absolute Gasteiger partial charge is 0.306 e. The molecule has 0 saturated heterocycles. The van der Waals surface area contributed by atoms with Crippen molar-refractivity contribution in [1.29, 1.82) is 0 Å². The highest BCUT2D eigenvalue weighted by Crippen LogP contribution is 1.99. The van der Waals surface area contributed by atoms with E-state index in [-0.39, 0.29) is 43.5 Å². The van der Waals surface area contributed by atoms with Gasteiger partial charge in [-0.3, -0.25) is 9.59 Å². The van der Waals surface area contributed by atoms with Crippen LogP contribution in [0, 0.1) is 0 Å². The van der Waals surface area contributed by atoms with Gasteiger partial charge >= 0.3 is 5.97 Å². The summed E-state index contributed by atoms with van der Waals surface area (Å²) in [6.07, 6.45) is 2.60. The number of unbranched alkanes of at least 4 members (excludes halogenated alkanes) is 2. The van der Waals surface area contributed by atoms with E-state index in [9.17, 15) is 9.59 Å². The van der Waals surface area contributed by atoms with Crippen LogP contribution in [0.25, 0.3) is 10.4 Å². The van der Waals surface area contributed by atoms with E-state index in [0.717, 1.165) is 19.3 Å². The van der Waals surface area contributed by atoms with E-state index in [1.54, 1.807) is 0 Å². The lowest BCUT2D eigenvalue weighted by Gasteiger charge is -2.03. The van der Waals surface area contributed by atoms with Crippen molar-refractivity contribution >= 4 is 24.2 Å². The van der Waals surface area contributed by atoms with Crippen LogP contribution in [0.15, 0.2) is 5.11 Å². The molecule has 0 aromatic heterocycles. The largest absolute Gasteiger partial charge is 0.466 e. The summed E-state index contributed by atoms with van der Waals surface area (Å²) in [6.45, 7) is 0.772. The molecule has 0 amide bonds. The fourth-order valence-electron chi connectivity index (χ4n) is 1.11. The number of nitrogens with two attached hydrogens (primary N) is 1. The van der Waals surface area contributed by atoms with Crippen LogP contribution in [0.3, 0.4) is 0 Å². The maximum Gasteiger partial charge on any atom is 0.306 e. The number of esters is 1. The summed E-state index contributed by atoms with van der Waals surface area (Å²) in [6, 6.07) is 0. The fourth-order valence-corrected chi connectivity index (χ4v) is 1.11. The predicted molar refractivity (Wildman–Crippen MR) is 69.4 cm³/mol. The average molecular weight is 279 g/mol. The highest BCUT2D eigenvalue weighted by atomic mass is 35.5. The molecule has 0 saturated carbocycles. The van der Waals surface area contributed by atoms with E-state index in [1.807, 2.05) is 0 Å². The van der Waals surface area contributed by atoms with Gasteiger partial charge in [-0.15, -0.1) is 12.4 Å². The summed E-state index contributed by atoms with van der Waals surface area (Å²) in [7, 11) is 0. The molecule has 0 radical (unpaired) electrons. The van der Waals surface area contributed by atoms with Gasteiger partial charge in [-0.05, 0) is 24.8 Å². The van der Waals surface area contributed by atoms with Crippen molar-refractivity contribution in [3.63, 3.8) is 0 Å². The van der Waals surface area contributed by atoms with Crippen LogP contribution >= 0.6 is 12.4 Å². The third-order valence-electron chi connectivity index (χ3n) is 2.06. The Morgan fingerprint density at radius 1 is 1.22 bits per heavy atom. The van der Waals surface area contributed by atoms with Gasteiger partial charge in [0.25, 0.3) is 0 Å². The van der Waals surface area contributed by atoms with Crippen molar-refractivity contribution in [2.24, 2.45) is 10.8 Å². The maximum absolute atomic E-state index is 11.1. The van der Waals surface area contributed by atoms with Crippen LogP contribution in [-0.2, 0) is 14.3 Å². The number of ketones is 1. The second kappa shape index (κ2) is 13.8. The van der Waals surface area contributed by atoms with Crippen LogP contribution in [0.5, 0.6) is 0 Å². The predicted octanol–water partition coefficient (Wildman–Crippen LogP) is 1.74. The van der Waals surface area contributed by atoms with E-state index in [0.29, 0.717) is 13.2 Å². The Balaban J connectivity index is 0. The molecule has 18 heavy (non-hydrogen) atoms. The highest BCUT2D eigenvalue weighted by molar-refractivity contribution is 5.85. The lowest BCUT2D eigenvalue weighted by atomic mass is 10.2. The van der Waals surface area contributed by atoms with Crippen LogP contribution in [0.2, 0.25) is 0 Å². The number of rotatable bonds is 10. The zero-order valence-electron chi connectivity index (χ0n) is 10.2. The SMILES string of the molecule is Cl.[N-]=[N+]=NCCCCCOC(=O)CCC(=O)CN. The maximum atomic E-state index is 11.1. The van der Waals surface area contributed by atoms with E-state index in [2.05, 4.69) is 10.0 Å². The molecule has 104 valence electrons. The van der Waals surface area contributed by atoms with Gasteiger partial charge in [-0.1, -0.05) is 5.11 Å². The Kier molecular flexibility index (Phi) is 14.6. The van der Waals surface area contributed by atoms with Crippen LogP contribution in [0.1, 0.15) is 32.1 Å². The first-order valence-electron chi connectivity index (χ1n) is 5.59. The second-order valence-corrected chi connectivity index (χ2v) is 3.48. The molecule has 8 heteroatoms. The molecule has 0 heterocycles. The Morgan fingerprint density at radius 2 is 1.94 bits per heavy atom. The Bertz CT molecular complexity index is 293. The standard InChI is InChI=1S/C10H18N4O3.ClH/c11-8-9(15)4-5-10(16)17-7-3-1-2-6-13-14-12;/h1-8,11H2;1H. The Morgan fingerprint density at radius 3 is 2.56 bits per heavy atom. The second-order valence-electron chi connectivity index (χ2n) is 3.48. The molecular formula is C10H19ClN4O3. The first-order chi connectivity index (χ1) is 8.20.